The van der Waals surface area contributed by atoms with Gasteiger partial charge in [-0.1, -0.05) is 12.1 Å². The van der Waals surface area contributed by atoms with Gasteiger partial charge in [-0.15, -0.1) is 0 Å². The molecule has 4 heteroatoms. The molecular formula is C15H18FN3. The van der Waals surface area contributed by atoms with Gasteiger partial charge in [-0.25, -0.2) is 9.37 Å². The van der Waals surface area contributed by atoms with Gasteiger partial charge >= 0.3 is 0 Å². The zero-order valence-corrected chi connectivity index (χ0v) is 11.2. The van der Waals surface area contributed by atoms with Crippen molar-refractivity contribution >= 4 is 11.5 Å². The Kier molecular flexibility index (Phi) is 4.12. The summed E-state index contributed by atoms with van der Waals surface area (Å²) in [6, 6.07) is 10.4. The Labute approximate surface area is 112 Å². The molecule has 0 spiro atoms. The van der Waals surface area contributed by atoms with Crippen molar-refractivity contribution in [1.82, 2.24) is 4.98 Å². The quantitative estimate of drug-likeness (QED) is 0.917. The Bertz CT molecular complexity index is 569. The molecule has 2 rings (SSSR count). The molecular weight excluding hydrogens is 241 g/mol. The van der Waals surface area contributed by atoms with Crippen molar-refractivity contribution < 1.29 is 4.39 Å². The maximum Gasteiger partial charge on any atom is 0.133 e. The minimum absolute atomic E-state index is 0.244. The Balaban J connectivity index is 2.39. The van der Waals surface area contributed by atoms with Crippen molar-refractivity contribution in [2.45, 2.75) is 20.4 Å². The van der Waals surface area contributed by atoms with E-state index in [1.165, 1.54) is 12.1 Å². The SMILES string of the molecule is CCN(c1cccc(F)c1)c1ccc(CN)c(C)n1. The number of nitrogens with zero attached hydrogens (tertiary/aromatic N) is 2. The second-order valence-electron chi connectivity index (χ2n) is 4.34. The summed E-state index contributed by atoms with van der Waals surface area (Å²) in [7, 11) is 0. The van der Waals surface area contributed by atoms with Gasteiger partial charge < -0.3 is 10.6 Å². The Morgan fingerprint density at radius 2 is 2.05 bits per heavy atom. The predicted molar refractivity (Wildman–Crippen MR) is 75.9 cm³/mol. The second-order valence-corrected chi connectivity index (χ2v) is 4.34. The van der Waals surface area contributed by atoms with Crippen molar-refractivity contribution in [3.05, 3.63) is 53.5 Å². The fourth-order valence-corrected chi connectivity index (χ4v) is 2.06. The topological polar surface area (TPSA) is 42.1 Å². The monoisotopic (exact) mass is 259 g/mol. The molecule has 0 saturated carbocycles. The van der Waals surface area contributed by atoms with Crippen LogP contribution >= 0.6 is 0 Å². The van der Waals surface area contributed by atoms with Crippen LogP contribution in [0.2, 0.25) is 0 Å². The number of aromatic nitrogens is 1. The van der Waals surface area contributed by atoms with Crippen LogP contribution in [0.4, 0.5) is 15.9 Å². The molecule has 0 aliphatic carbocycles. The summed E-state index contributed by atoms with van der Waals surface area (Å²) in [4.78, 5) is 6.51. The Hall–Kier alpha value is -1.94. The summed E-state index contributed by atoms with van der Waals surface area (Å²) in [6.07, 6.45) is 0. The van der Waals surface area contributed by atoms with Crippen LogP contribution in [-0.4, -0.2) is 11.5 Å². The summed E-state index contributed by atoms with van der Waals surface area (Å²) in [6.45, 7) is 5.15. The third-order valence-corrected chi connectivity index (χ3v) is 3.11. The van der Waals surface area contributed by atoms with Crippen molar-refractivity contribution in [2.24, 2.45) is 5.73 Å². The lowest BCUT2D eigenvalue weighted by Crippen LogP contribution is -2.18. The van der Waals surface area contributed by atoms with E-state index in [0.717, 1.165) is 29.3 Å². The average molecular weight is 259 g/mol. The minimum atomic E-state index is -0.244. The maximum absolute atomic E-state index is 13.3. The lowest BCUT2D eigenvalue weighted by molar-refractivity contribution is 0.627. The molecule has 1 heterocycles. The number of pyridine rings is 1. The molecule has 2 N–H and O–H groups in total. The van der Waals surface area contributed by atoms with Gasteiger partial charge in [-0.2, -0.15) is 0 Å². The van der Waals surface area contributed by atoms with E-state index in [1.807, 2.05) is 36.9 Å². The van der Waals surface area contributed by atoms with E-state index in [1.54, 1.807) is 6.07 Å². The molecule has 0 radical (unpaired) electrons. The standard InChI is InChI=1S/C15H18FN3/c1-3-19(14-6-4-5-13(16)9-14)15-8-7-12(10-17)11(2)18-15/h4-9H,3,10,17H2,1-2H3. The first-order valence-corrected chi connectivity index (χ1v) is 6.35. The summed E-state index contributed by atoms with van der Waals surface area (Å²) in [5.41, 5.74) is 8.38. The van der Waals surface area contributed by atoms with E-state index < -0.39 is 0 Å². The molecule has 0 atom stereocenters. The van der Waals surface area contributed by atoms with Gasteiger partial charge in [0.15, 0.2) is 0 Å². The van der Waals surface area contributed by atoms with E-state index in [-0.39, 0.29) is 5.82 Å². The third kappa shape index (κ3) is 2.90. The van der Waals surface area contributed by atoms with Crippen LogP contribution in [0.1, 0.15) is 18.2 Å². The lowest BCUT2D eigenvalue weighted by atomic mass is 10.2. The zero-order valence-electron chi connectivity index (χ0n) is 11.2. The molecule has 1 aromatic carbocycles. The van der Waals surface area contributed by atoms with E-state index in [0.29, 0.717) is 6.54 Å². The summed E-state index contributed by atoms with van der Waals surface area (Å²) < 4.78 is 13.3. The predicted octanol–water partition coefficient (Wildman–Crippen LogP) is 3.15. The first-order chi connectivity index (χ1) is 9.15. The molecule has 100 valence electrons. The molecule has 2 aromatic rings. The van der Waals surface area contributed by atoms with Gasteiger partial charge in [-0.3, -0.25) is 0 Å². The van der Waals surface area contributed by atoms with Crippen LogP contribution in [0.5, 0.6) is 0 Å². The fourth-order valence-electron chi connectivity index (χ4n) is 2.06. The van der Waals surface area contributed by atoms with Crippen LogP contribution < -0.4 is 10.6 Å². The fraction of sp³-hybridized carbons (Fsp3) is 0.267. The number of benzene rings is 1. The van der Waals surface area contributed by atoms with Gasteiger partial charge in [0.2, 0.25) is 0 Å². The molecule has 0 saturated heterocycles. The van der Waals surface area contributed by atoms with E-state index in [4.69, 9.17) is 5.73 Å². The number of rotatable bonds is 4. The molecule has 0 amide bonds. The van der Waals surface area contributed by atoms with Crippen molar-refractivity contribution in [3.8, 4) is 0 Å². The average Bonchev–Trinajstić information content (AvgIpc) is 2.40. The number of halogens is 1. The van der Waals surface area contributed by atoms with Crippen molar-refractivity contribution in [3.63, 3.8) is 0 Å². The number of anilines is 2. The molecule has 0 aliphatic rings. The van der Waals surface area contributed by atoms with Gasteiger partial charge in [0, 0.05) is 24.5 Å². The van der Waals surface area contributed by atoms with Crippen LogP contribution in [0, 0.1) is 12.7 Å². The third-order valence-electron chi connectivity index (χ3n) is 3.11. The highest BCUT2D eigenvalue weighted by atomic mass is 19.1. The highest BCUT2D eigenvalue weighted by Gasteiger charge is 2.10. The lowest BCUT2D eigenvalue weighted by Gasteiger charge is -2.23. The van der Waals surface area contributed by atoms with Gasteiger partial charge in [0.25, 0.3) is 0 Å². The van der Waals surface area contributed by atoms with Crippen molar-refractivity contribution in [2.75, 3.05) is 11.4 Å². The summed E-state index contributed by atoms with van der Waals surface area (Å²) in [5, 5.41) is 0. The minimum Gasteiger partial charge on any atom is -0.327 e. The van der Waals surface area contributed by atoms with Crippen LogP contribution in [-0.2, 0) is 6.54 Å². The maximum atomic E-state index is 13.3. The first kappa shape index (κ1) is 13.5. The number of nitrogens with two attached hydrogens (primary N) is 1. The van der Waals surface area contributed by atoms with Gasteiger partial charge in [0.1, 0.15) is 11.6 Å². The van der Waals surface area contributed by atoms with Gasteiger partial charge in [0.05, 0.1) is 0 Å². The number of hydrogen-bond donors (Lipinski definition) is 1. The molecule has 3 nitrogen and oxygen atoms in total. The zero-order chi connectivity index (χ0) is 13.8. The highest BCUT2D eigenvalue weighted by molar-refractivity contribution is 5.60. The molecule has 0 aliphatic heterocycles. The largest absolute Gasteiger partial charge is 0.327 e. The molecule has 0 unspecified atom stereocenters. The van der Waals surface area contributed by atoms with E-state index in [9.17, 15) is 4.39 Å². The Morgan fingerprint density at radius 1 is 1.26 bits per heavy atom. The van der Waals surface area contributed by atoms with E-state index in [2.05, 4.69) is 4.98 Å². The molecule has 19 heavy (non-hydrogen) atoms. The second kappa shape index (κ2) is 5.80. The first-order valence-electron chi connectivity index (χ1n) is 6.35. The molecule has 0 bridgehead atoms. The van der Waals surface area contributed by atoms with E-state index >= 15 is 0 Å². The van der Waals surface area contributed by atoms with Crippen molar-refractivity contribution in [1.29, 1.82) is 0 Å². The normalized spacial score (nSPS) is 10.5. The number of aryl methyl sites for hydroxylation is 1. The van der Waals surface area contributed by atoms with Crippen LogP contribution in [0.3, 0.4) is 0 Å². The molecule has 1 aromatic heterocycles. The van der Waals surface area contributed by atoms with Crippen LogP contribution in [0.15, 0.2) is 36.4 Å². The number of hydrogen-bond acceptors (Lipinski definition) is 3. The summed E-state index contributed by atoms with van der Waals surface area (Å²) in [5.74, 6) is 0.564. The highest BCUT2D eigenvalue weighted by Crippen LogP contribution is 2.24. The van der Waals surface area contributed by atoms with Crippen LogP contribution in [0.25, 0.3) is 0 Å². The molecule has 0 fully saturated rings. The summed E-state index contributed by atoms with van der Waals surface area (Å²) >= 11 is 0. The van der Waals surface area contributed by atoms with Gasteiger partial charge in [-0.05, 0) is 43.7 Å². The Morgan fingerprint density at radius 3 is 2.63 bits per heavy atom. The smallest absolute Gasteiger partial charge is 0.133 e.